The number of benzene rings is 4. The van der Waals surface area contributed by atoms with Crippen molar-refractivity contribution in [2.75, 3.05) is 12.0 Å². The topological polar surface area (TPSA) is 95.9 Å². The van der Waals surface area contributed by atoms with Crippen LogP contribution in [0.4, 0.5) is 11.4 Å². The van der Waals surface area contributed by atoms with E-state index in [9.17, 15) is 19.5 Å². The van der Waals surface area contributed by atoms with E-state index in [-0.39, 0.29) is 28.4 Å². The number of anilines is 2. The summed E-state index contributed by atoms with van der Waals surface area (Å²) in [7, 11) is 1.25. The third kappa shape index (κ3) is 6.85. The maximum atomic E-state index is 13.8. The van der Waals surface area contributed by atoms with Gasteiger partial charge in [-0.25, -0.2) is 4.79 Å². The monoisotopic (exact) mass is 606 g/mol. The molecule has 2 N–H and O–H groups in total. The van der Waals surface area contributed by atoms with Gasteiger partial charge in [0, 0.05) is 27.2 Å². The van der Waals surface area contributed by atoms with Gasteiger partial charge < -0.3 is 15.2 Å². The first kappa shape index (κ1) is 27.9. The van der Waals surface area contributed by atoms with Crippen LogP contribution in [0.3, 0.4) is 0 Å². The van der Waals surface area contributed by atoms with Gasteiger partial charge in [0.05, 0.1) is 18.4 Å². The van der Waals surface area contributed by atoms with E-state index in [1.54, 1.807) is 54.6 Å². The zero-order chi connectivity index (χ0) is 27.9. The molecule has 1 atom stereocenters. The Morgan fingerprint density at radius 2 is 1.62 bits per heavy atom. The van der Waals surface area contributed by atoms with Gasteiger partial charge in [-0.1, -0.05) is 57.9 Å². The number of nitrogens with zero attached hydrogens (tertiary/aromatic N) is 1. The first-order valence-electron chi connectivity index (χ1n) is 11.9. The number of halogens is 2. The maximum Gasteiger partial charge on any atom is 0.328 e. The highest BCUT2D eigenvalue weighted by Gasteiger charge is 2.28. The van der Waals surface area contributed by atoms with Crippen LogP contribution in [-0.2, 0) is 16.0 Å². The van der Waals surface area contributed by atoms with Crippen LogP contribution in [0.25, 0.3) is 0 Å². The summed E-state index contributed by atoms with van der Waals surface area (Å²) in [6.45, 7) is 0. The van der Waals surface area contributed by atoms with Gasteiger partial charge in [-0.3, -0.25) is 14.5 Å². The molecule has 0 aliphatic heterocycles. The van der Waals surface area contributed by atoms with Gasteiger partial charge in [0.2, 0.25) is 0 Å². The lowest BCUT2D eigenvalue weighted by atomic mass is 10.0. The van der Waals surface area contributed by atoms with Crippen LogP contribution in [0.15, 0.2) is 102 Å². The minimum absolute atomic E-state index is 0.0220. The number of carbonyl (C=O) groups excluding carboxylic acids is 3. The van der Waals surface area contributed by atoms with Gasteiger partial charge >= 0.3 is 5.97 Å². The molecule has 0 aliphatic carbocycles. The number of hydrogen-bond acceptors (Lipinski definition) is 5. The van der Waals surface area contributed by atoms with Crippen LogP contribution in [0.1, 0.15) is 26.3 Å². The average Bonchev–Trinajstić information content (AvgIpc) is 2.95. The molecule has 7 nitrogen and oxygen atoms in total. The molecule has 1 unspecified atom stereocenters. The SMILES string of the molecule is COC(=O)C(Cc1ccc(Br)cc1)NC(=O)c1cc(Cl)ccc1N(C(=O)c1ccccc1)c1ccc(O)cc1. The number of ether oxygens (including phenoxy) is 1. The van der Waals surface area contributed by atoms with Crippen molar-refractivity contribution in [3.05, 3.63) is 123 Å². The Labute approximate surface area is 239 Å². The predicted octanol–water partition coefficient (Wildman–Crippen LogP) is 6.30. The highest BCUT2D eigenvalue weighted by molar-refractivity contribution is 9.10. The zero-order valence-corrected chi connectivity index (χ0v) is 23.1. The molecule has 4 rings (SSSR count). The Kier molecular flexibility index (Phi) is 9.01. The van der Waals surface area contributed by atoms with E-state index in [0.29, 0.717) is 11.3 Å². The van der Waals surface area contributed by atoms with Crippen molar-refractivity contribution in [1.29, 1.82) is 0 Å². The van der Waals surface area contributed by atoms with Crippen molar-refractivity contribution in [2.45, 2.75) is 12.5 Å². The van der Waals surface area contributed by atoms with Crippen molar-refractivity contribution >= 4 is 56.7 Å². The second-order valence-electron chi connectivity index (χ2n) is 8.56. The van der Waals surface area contributed by atoms with Crippen LogP contribution < -0.4 is 10.2 Å². The number of carbonyl (C=O) groups is 3. The summed E-state index contributed by atoms with van der Waals surface area (Å²) in [6, 6.07) is 25.5. The van der Waals surface area contributed by atoms with Gasteiger partial charge in [-0.05, 0) is 72.3 Å². The number of amides is 2. The molecule has 0 bridgehead atoms. The number of phenolic OH excluding ortho intramolecular Hbond substituents is 1. The van der Waals surface area contributed by atoms with Crippen molar-refractivity contribution in [3.8, 4) is 5.75 Å². The summed E-state index contributed by atoms with van der Waals surface area (Å²) in [5.41, 5.74) is 1.92. The normalized spacial score (nSPS) is 11.4. The van der Waals surface area contributed by atoms with Crippen LogP contribution >= 0.6 is 27.5 Å². The highest BCUT2D eigenvalue weighted by atomic mass is 79.9. The lowest BCUT2D eigenvalue weighted by Gasteiger charge is -2.26. The second-order valence-corrected chi connectivity index (χ2v) is 9.92. The Bertz CT molecular complexity index is 1480. The average molecular weight is 608 g/mol. The highest BCUT2D eigenvalue weighted by Crippen LogP contribution is 2.33. The number of aromatic hydroxyl groups is 1. The largest absolute Gasteiger partial charge is 0.508 e. The molecule has 4 aromatic rings. The number of nitrogens with one attached hydrogen (secondary N) is 1. The summed E-state index contributed by atoms with van der Waals surface area (Å²) in [5, 5.41) is 12.8. The molecule has 0 aliphatic rings. The Balaban J connectivity index is 1.75. The number of rotatable bonds is 8. The van der Waals surface area contributed by atoms with Crippen LogP contribution in [0, 0.1) is 0 Å². The van der Waals surface area contributed by atoms with E-state index in [1.807, 2.05) is 24.3 Å². The first-order chi connectivity index (χ1) is 18.8. The third-order valence-electron chi connectivity index (χ3n) is 5.92. The van der Waals surface area contributed by atoms with Gasteiger partial charge in [-0.15, -0.1) is 0 Å². The molecule has 0 spiro atoms. The Morgan fingerprint density at radius 1 is 0.949 bits per heavy atom. The zero-order valence-electron chi connectivity index (χ0n) is 20.8. The van der Waals surface area contributed by atoms with E-state index in [2.05, 4.69) is 21.2 Å². The van der Waals surface area contributed by atoms with Gasteiger partial charge in [-0.2, -0.15) is 0 Å². The smallest absolute Gasteiger partial charge is 0.328 e. The predicted molar refractivity (Wildman–Crippen MR) is 154 cm³/mol. The third-order valence-corrected chi connectivity index (χ3v) is 6.68. The van der Waals surface area contributed by atoms with Crippen molar-refractivity contribution in [3.63, 3.8) is 0 Å². The molecule has 9 heteroatoms. The molecule has 2 amide bonds. The molecule has 0 saturated heterocycles. The lowest BCUT2D eigenvalue weighted by molar-refractivity contribution is -0.142. The molecule has 0 radical (unpaired) electrons. The minimum Gasteiger partial charge on any atom is -0.508 e. The lowest BCUT2D eigenvalue weighted by Crippen LogP contribution is -2.43. The van der Waals surface area contributed by atoms with E-state index in [0.717, 1.165) is 10.0 Å². The Hall–Kier alpha value is -4.14. The van der Waals surface area contributed by atoms with Gasteiger partial charge in [0.25, 0.3) is 11.8 Å². The molecule has 0 aromatic heterocycles. The van der Waals surface area contributed by atoms with Crippen LogP contribution in [-0.4, -0.2) is 36.0 Å². The second kappa shape index (κ2) is 12.6. The fourth-order valence-electron chi connectivity index (χ4n) is 3.99. The number of phenols is 1. The van der Waals surface area contributed by atoms with Gasteiger partial charge in [0.1, 0.15) is 11.8 Å². The molecule has 39 heavy (non-hydrogen) atoms. The summed E-state index contributed by atoms with van der Waals surface area (Å²) in [6.07, 6.45) is 0.187. The maximum absolute atomic E-state index is 13.8. The number of hydrogen-bond donors (Lipinski definition) is 2. The standard InChI is InChI=1S/C30H24BrClN2O5/c1-39-30(38)26(17-19-7-9-21(31)10-8-19)33-28(36)25-18-22(32)11-16-27(25)34(23-12-14-24(35)15-13-23)29(37)20-5-3-2-4-6-20/h2-16,18,26,35H,17H2,1H3,(H,33,36). The van der Waals surface area contributed by atoms with Crippen molar-refractivity contribution in [1.82, 2.24) is 5.32 Å². The van der Waals surface area contributed by atoms with Crippen molar-refractivity contribution < 1.29 is 24.2 Å². The molecular formula is C30H24BrClN2O5. The fraction of sp³-hybridized carbons (Fsp3) is 0.100. The van der Waals surface area contributed by atoms with E-state index < -0.39 is 23.8 Å². The fourth-order valence-corrected chi connectivity index (χ4v) is 4.43. The summed E-state index contributed by atoms with van der Waals surface area (Å²) >= 11 is 9.67. The molecular weight excluding hydrogens is 584 g/mol. The quantitative estimate of drug-likeness (QED) is 0.229. The Morgan fingerprint density at radius 3 is 2.26 bits per heavy atom. The number of methoxy groups -OCH3 is 1. The first-order valence-corrected chi connectivity index (χ1v) is 13.0. The van der Waals surface area contributed by atoms with Gasteiger partial charge in [0.15, 0.2) is 0 Å². The molecule has 0 fully saturated rings. The summed E-state index contributed by atoms with van der Waals surface area (Å²) in [4.78, 5) is 41.4. The molecule has 0 saturated carbocycles. The minimum atomic E-state index is -0.998. The van der Waals surface area contributed by atoms with E-state index >= 15 is 0 Å². The van der Waals surface area contributed by atoms with E-state index in [4.69, 9.17) is 16.3 Å². The van der Waals surface area contributed by atoms with Crippen LogP contribution in [0.5, 0.6) is 5.75 Å². The molecule has 198 valence electrons. The summed E-state index contributed by atoms with van der Waals surface area (Å²) in [5.74, 6) is -1.62. The van der Waals surface area contributed by atoms with Crippen LogP contribution in [0.2, 0.25) is 5.02 Å². The summed E-state index contributed by atoms with van der Waals surface area (Å²) < 4.78 is 5.83. The van der Waals surface area contributed by atoms with E-state index in [1.165, 1.54) is 30.2 Å². The molecule has 4 aromatic carbocycles. The number of esters is 1. The van der Waals surface area contributed by atoms with Crippen molar-refractivity contribution in [2.24, 2.45) is 0 Å². The molecule has 0 heterocycles.